The number of hydrogen-bond acceptors (Lipinski definition) is 4. The Kier molecular flexibility index (Phi) is 7.82. The smallest absolute Gasteiger partial charge is 0.0674 e. The van der Waals surface area contributed by atoms with Crippen molar-refractivity contribution in [3.05, 3.63) is 0 Å². The quantitative estimate of drug-likeness (QED) is 0.687. The average molecular weight is 258 g/mol. The molecule has 2 N–H and O–H groups in total. The summed E-state index contributed by atoms with van der Waals surface area (Å²) in [5.41, 5.74) is 0. The van der Waals surface area contributed by atoms with Gasteiger partial charge in [0.05, 0.1) is 19.3 Å². The van der Waals surface area contributed by atoms with Gasteiger partial charge in [-0.25, -0.2) is 0 Å². The van der Waals surface area contributed by atoms with E-state index in [2.05, 4.69) is 31.0 Å². The van der Waals surface area contributed by atoms with Crippen LogP contribution in [-0.2, 0) is 4.74 Å². The van der Waals surface area contributed by atoms with Gasteiger partial charge in [0.1, 0.15) is 0 Å². The molecule has 1 fully saturated rings. The minimum atomic E-state index is 0.233. The van der Waals surface area contributed by atoms with Crippen LogP contribution in [0.2, 0.25) is 0 Å². The molecule has 18 heavy (non-hydrogen) atoms. The molecule has 4 heteroatoms. The van der Waals surface area contributed by atoms with Crippen molar-refractivity contribution in [3.63, 3.8) is 0 Å². The lowest BCUT2D eigenvalue weighted by Gasteiger charge is -2.38. The van der Waals surface area contributed by atoms with Crippen LogP contribution in [0.25, 0.3) is 0 Å². The predicted octanol–water partition coefficient (Wildman–Crippen LogP) is 1.24. The van der Waals surface area contributed by atoms with Crippen molar-refractivity contribution in [2.24, 2.45) is 0 Å². The maximum atomic E-state index is 9.35. The maximum Gasteiger partial charge on any atom is 0.0674 e. The molecule has 0 spiro atoms. The van der Waals surface area contributed by atoms with Gasteiger partial charge in [0.2, 0.25) is 0 Å². The van der Waals surface area contributed by atoms with Crippen molar-refractivity contribution in [1.82, 2.24) is 10.2 Å². The summed E-state index contributed by atoms with van der Waals surface area (Å²) in [6.07, 6.45) is 3.60. The van der Waals surface area contributed by atoms with E-state index in [-0.39, 0.29) is 12.6 Å². The number of hydrogen-bond donors (Lipinski definition) is 2. The van der Waals surface area contributed by atoms with E-state index in [1.165, 1.54) is 0 Å². The van der Waals surface area contributed by atoms with Crippen LogP contribution >= 0.6 is 0 Å². The number of aliphatic hydroxyl groups excluding tert-OH is 1. The SMILES string of the molecule is CCCNC(CO)CCN1CC(C)OCC1CC. The summed E-state index contributed by atoms with van der Waals surface area (Å²) >= 11 is 0. The topological polar surface area (TPSA) is 44.7 Å². The summed E-state index contributed by atoms with van der Waals surface area (Å²) in [5, 5.41) is 12.7. The van der Waals surface area contributed by atoms with Gasteiger partial charge in [0, 0.05) is 25.2 Å². The van der Waals surface area contributed by atoms with Gasteiger partial charge in [-0.3, -0.25) is 4.90 Å². The van der Waals surface area contributed by atoms with Crippen molar-refractivity contribution in [3.8, 4) is 0 Å². The highest BCUT2D eigenvalue weighted by atomic mass is 16.5. The minimum absolute atomic E-state index is 0.233. The Bertz CT molecular complexity index is 214. The number of ether oxygens (including phenoxy) is 1. The molecule has 1 heterocycles. The minimum Gasteiger partial charge on any atom is -0.395 e. The van der Waals surface area contributed by atoms with Crippen LogP contribution in [-0.4, -0.2) is 61.0 Å². The number of nitrogens with zero attached hydrogens (tertiary/aromatic N) is 1. The van der Waals surface area contributed by atoms with Crippen molar-refractivity contribution in [2.75, 3.05) is 32.8 Å². The Balaban J connectivity index is 2.33. The average Bonchev–Trinajstić information content (AvgIpc) is 2.39. The van der Waals surface area contributed by atoms with E-state index in [9.17, 15) is 5.11 Å². The molecule has 3 unspecified atom stereocenters. The van der Waals surface area contributed by atoms with Crippen LogP contribution in [0.15, 0.2) is 0 Å². The molecule has 0 aromatic heterocycles. The molecule has 0 aromatic rings. The fourth-order valence-corrected chi connectivity index (χ4v) is 2.49. The molecule has 0 radical (unpaired) electrons. The van der Waals surface area contributed by atoms with Crippen molar-refractivity contribution < 1.29 is 9.84 Å². The Morgan fingerprint density at radius 2 is 2.22 bits per heavy atom. The molecule has 1 aliphatic heterocycles. The zero-order valence-corrected chi connectivity index (χ0v) is 12.2. The highest BCUT2D eigenvalue weighted by Crippen LogP contribution is 2.15. The third-order valence-electron chi connectivity index (χ3n) is 3.72. The zero-order valence-electron chi connectivity index (χ0n) is 12.2. The van der Waals surface area contributed by atoms with E-state index in [0.29, 0.717) is 12.1 Å². The van der Waals surface area contributed by atoms with Crippen LogP contribution in [0, 0.1) is 0 Å². The highest BCUT2D eigenvalue weighted by molar-refractivity contribution is 4.79. The Labute approximate surface area is 112 Å². The number of nitrogens with one attached hydrogen (secondary N) is 1. The van der Waals surface area contributed by atoms with E-state index in [1.807, 2.05) is 0 Å². The second-order valence-electron chi connectivity index (χ2n) is 5.32. The molecule has 0 saturated carbocycles. The maximum absolute atomic E-state index is 9.35. The van der Waals surface area contributed by atoms with Crippen LogP contribution in [0.5, 0.6) is 0 Å². The molecule has 0 aliphatic carbocycles. The molecule has 1 rings (SSSR count). The fraction of sp³-hybridized carbons (Fsp3) is 1.00. The largest absolute Gasteiger partial charge is 0.395 e. The van der Waals surface area contributed by atoms with Crippen LogP contribution < -0.4 is 5.32 Å². The molecular formula is C14H30N2O2. The van der Waals surface area contributed by atoms with Gasteiger partial charge in [0.25, 0.3) is 0 Å². The highest BCUT2D eigenvalue weighted by Gasteiger charge is 2.25. The van der Waals surface area contributed by atoms with Gasteiger partial charge in [-0.05, 0) is 32.7 Å². The Morgan fingerprint density at radius 1 is 1.44 bits per heavy atom. The number of morpholine rings is 1. The molecule has 1 saturated heterocycles. The third kappa shape index (κ3) is 5.22. The third-order valence-corrected chi connectivity index (χ3v) is 3.72. The van der Waals surface area contributed by atoms with E-state index >= 15 is 0 Å². The first-order valence-corrected chi connectivity index (χ1v) is 7.41. The molecular weight excluding hydrogens is 228 g/mol. The first-order chi connectivity index (χ1) is 8.71. The molecule has 4 nitrogen and oxygen atoms in total. The summed E-state index contributed by atoms with van der Waals surface area (Å²) in [5.74, 6) is 0. The van der Waals surface area contributed by atoms with Crippen LogP contribution in [0.1, 0.15) is 40.0 Å². The summed E-state index contributed by atoms with van der Waals surface area (Å²) in [7, 11) is 0. The van der Waals surface area contributed by atoms with Crippen molar-refractivity contribution in [1.29, 1.82) is 0 Å². The monoisotopic (exact) mass is 258 g/mol. The fourth-order valence-electron chi connectivity index (χ4n) is 2.49. The standard InChI is InChI=1S/C14H30N2O2/c1-4-7-15-13(10-17)6-8-16-9-12(3)18-11-14(16)5-2/h12-15,17H,4-11H2,1-3H3. The van der Waals surface area contributed by atoms with E-state index in [1.54, 1.807) is 0 Å². The normalized spacial score (nSPS) is 27.3. The Hall–Kier alpha value is -0.160. The van der Waals surface area contributed by atoms with Crippen molar-refractivity contribution >= 4 is 0 Å². The summed E-state index contributed by atoms with van der Waals surface area (Å²) < 4.78 is 5.70. The lowest BCUT2D eigenvalue weighted by atomic mass is 10.1. The predicted molar refractivity (Wildman–Crippen MR) is 74.9 cm³/mol. The van der Waals surface area contributed by atoms with Gasteiger partial charge in [-0.15, -0.1) is 0 Å². The molecule has 0 bridgehead atoms. The zero-order chi connectivity index (χ0) is 13.4. The summed E-state index contributed by atoms with van der Waals surface area (Å²) in [6, 6.07) is 0.785. The molecule has 1 aliphatic rings. The van der Waals surface area contributed by atoms with E-state index in [4.69, 9.17) is 4.74 Å². The lowest BCUT2D eigenvalue weighted by Crippen LogP contribution is -2.50. The first-order valence-electron chi connectivity index (χ1n) is 7.41. The lowest BCUT2D eigenvalue weighted by molar-refractivity contribution is -0.0570. The molecule has 0 aromatic carbocycles. The second-order valence-corrected chi connectivity index (χ2v) is 5.32. The second kappa shape index (κ2) is 8.86. The van der Waals surface area contributed by atoms with Gasteiger partial charge < -0.3 is 15.2 Å². The van der Waals surface area contributed by atoms with Crippen LogP contribution in [0.3, 0.4) is 0 Å². The van der Waals surface area contributed by atoms with Crippen molar-refractivity contribution in [2.45, 2.75) is 58.2 Å². The van der Waals surface area contributed by atoms with Crippen LogP contribution in [0.4, 0.5) is 0 Å². The number of rotatable bonds is 8. The molecule has 108 valence electrons. The first kappa shape index (κ1) is 15.9. The van der Waals surface area contributed by atoms with Gasteiger partial charge in [-0.2, -0.15) is 0 Å². The number of aliphatic hydroxyl groups is 1. The Morgan fingerprint density at radius 3 is 2.83 bits per heavy atom. The van der Waals surface area contributed by atoms with Gasteiger partial charge in [-0.1, -0.05) is 13.8 Å². The summed E-state index contributed by atoms with van der Waals surface area (Å²) in [6.45, 7) is 10.6. The van der Waals surface area contributed by atoms with E-state index < -0.39 is 0 Å². The van der Waals surface area contributed by atoms with Gasteiger partial charge >= 0.3 is 0 Å². The molecule has 0 amide bonds. The van der Waals surface area contributed by atoms with E-state index in [0.717, 1.165) is 45.5 Å². The van der Waals surface area contributed by atoms with Gasteiger partial charge in [0.15, 0.2) is 0 Å². The summed E-state index contributed by atoms with van der Waals surface area (Å²) in [4.78, 5) is 2.52. The molecule has 3 atom stereocenters.